The summed E-state index contributed by atoms with van der Waals surface area (Å²) in [4.78, 5) is 16.8. The van der Waals surface area contributed by atoms with Crippen molar-refractivity contribution < 1.29 is 4.79 Å². The van der Waals surface area contributed by atoms with Gasteiger partial charge in [0.2, 0.25) is 16.2 Å². The van der Waals surface area contributed by atoms with E-state index in [0.29, 0.717) is 10.3 Å². The van der Waals surface area contributed by atoms with E-state index in [-0.39, 0.29) is 11.7 Å². The molecule has 9 heteroatoms. The first-order valence-electron chi connectivity index (χ1n) is 8.19. The van der Waals surface area contributed by atoms with Gasteiger partial charge in [0.05, 0.1) is 5.75 Å². The molecule has 27 heavy (non-hydrogen) atoms. The number of carbonyl (C=O) groups excluding carboxylic acids is 1. The Balaban J connectivity index is 1.38. The average Bonchev–Trinajstić information content (AvgIpc) is 3.23. The van der Waals surface area contributed by atoms with E-state index in [0.717, 1.165) is 38.3 Å². The number of rotatable bonds is 4. The number of aromatic nitrogens is 5. The highest BCUT2D eigenvalue weighted by Gasteiger charge is 2.25. The maximum Gasteiger partial charge on any atom is 0.236 e. The standard InChI is InChI=1S/C18H12N6OS2/c1-9-21-24-18(27-9)19-13(25)8-26-17-20-15-11-6-2-4-10-5-3-7-12(14(10)11)16(15)22-23-17/h2-7H,8H2,1H3,(H,19,24,25). The number of nitrogens with zero attached hydrogens (tertiary/aromatic N) is 5. The molecule has 5 rings (SSSR count). The molecule has 1 amide bonds. The summed E-state index contributed by atoms with van der Waals surface area (Å²) in [6.45, 7) is 1.84. The third kappa shape index (κ3) is 2.84. The van der Waals surface area contributed by atoms with Gasteiger partial charge in [0, 0.05) is 16.5 Å². The second-order valence-corrected chi connectivity index (χ2v) is 8.09. The van der Waals surface area contributed by atoms with Crippen LogP contribution in [0.4, 0.5) is 5.13 Å². The Morgan fingerprint density at radius 2 is 1.81 bits per heavy atom. The molecule has 2 aromatic heterocycles. The fraction of sp³-hybridized carbons (Fsp3) is 0.111. The molecule has 0 radical (unpaired) electrons. The fourth-order valence-corrected chi connectivity index (χ4v) is 4.30. The first-order chi connectivity index (χ1) is 13.2. The van der Waals surface area contributed by atoms with Crippen LogP contribution in [0.3, 0.4) is 0 Å². The number of amides is 1. The second kappa shape index (κ2) is 6.36. The molecule has 1 N–H and O–H groups in total. The van der Waals surface area contributed by atoms with Crippen LogP contribution in [0.1, 0.15) is 5.01 Å². The maximum absolute atomic E-state index is 12.1. The van der Waals surface area contributed by atoms with Crippen LogP contribution in [0.25, 0.3) is 33.3 Å². The van der Waals surface area contributed by atoms with E-state index in [9.17, 15) is 4.79 Å². The molecule has 0 saturated heterocycles. The first kappa shape index (κ1) is 16.3. The molecule has 0 spiro atoms. The summed E-state index contributed by atoms with van der Waals surface area (Å²) < 4.78 is 0. The van der Waals surface area contributed by atoms with Gasteiger partial charge in [0.25, 0.3) is 0 Å². The predicted octanol–water partition coefficient (Wildman–Crippen LogP) is 3.56. The van der Waals surface area contributed by atoms with Crippen LogP contribution < -0.4 is 5.32 Å². The van der Waals surface area contributed by atoms with Crippen molar-refractivity contribution in [3.63, 3.8) is 0 Å². The summed E-state index contributed by atoms with van der Waals surface area (Å²) in [5, 5.41) is 23.2. The van der Waals surface area contributed by atoms with E-state index in [1.54, 1.807) is 0 Å². The van der Waals surface area contributed by atoms with Crippen LogP contribution in [0.2, 0.25) is 0 Å². The number of benzene rings is 2. The van der Waals surface area contributed by atoms with Crippen LogP contribution in [0.15, 0.2) is 41.6 Å². The summed E-state index contributed by atoms with van der Waals surface area (Å²) in [6, 6.07) is 12.3. The van der Waals surface area contributed by atoms with Crippen molar-refractivity contribution in [3.8, 4) is 22.5 Å². The largest absolute Gasteiger partial charge is 0.300 e. The Kier molecular flexibility index (Phi) is 3.83. The van der Waals surface area contributed by atoms with Crippen LogP contribution in [0, 0.1) is 6.92 Å². The number of fused-ring (bicyclic) bond motifs is 3. The van der Waals surface area contributed by atoms with Gasteiger partial charge < -0.3 is 0 Å². The number of thioether (sulfide) groups is 1. The zero-order valence-corrected chi connectivity index (χ0v) is 15.8. The Hall–Kier alpha value is -2.91. The van der Waals surface area contributed by atoms with Crippen molar-refractivity contribution in [3.05, 3.63) is 41.4 Å². The molecule has 0 fully saturated rings. The van der Waals surface area contributed by atoms with Crippen molar-refractivity contribution in [1.29, 1.82) is 0 Å². The smallest absolute Gasteiger partial charge is 0.236 e. The Morgan fingerprint density at radius 3 is 2.56 bits per heavy atom. The van der Waals surface area contributed by atoms with E-state index in [4.69, 9.17) is 0 Å². The molecule has 132 valence electrons. The molecule has 0 aliphatic heterocycles. The monoisotopic (exact) mass is 392 g/mol. The molecule has 0 atom stereocenters. The molecule has 1 aliphatic rings. The predicted molar refractivity (Wildman–Crippen MR) is 106 cm³/mol. The van der Waals surface area contributed by atoms with Gasteiger partial charge in [-0.3, -0.25) is 10.1 Å². The van der Waals surface area contributed by atoms with Crippen LogP contribution in [0.5, 0.6) is 0 Å². The van der Waals surface area contributed by atoms with Gasteiger partial charge in [-0.1, -0.05) is 59.5 Å². The number of hydrogen-bond acceptors (Lipinski definition) is 8. The van der Waals surface area contributed by atoms with E-state index >= 15 is 0 Å². The van der Waals surface area contributed by atoms with Crippen molar-refractivity contribution in [2.75, 3.05) is 11.1 Å². The van der Waals surface area contributed by atoms with Gasteiger partial charge in [-0.25, -0.2) is 4.98 Å². The molecule has 0 unspecified atom stereocenters. The minimum Gasteiger partial charge on any atom is -0.300 e. The minimum atomic E-state index is -0.175. The minimum absolute atomic E-state index is 0.175. The highest BCUT2D eigenvalue weighted by molar-refractivity contribution is 7.99. The number of aryl methyl sites for hydroxylation is 1. The lowest BCUT2D eigenvalue weighted by Gasteiger charge is -2.03. The van der Waals surface area contributed by atoms with Gasteiger partial charge >= 0.3 is 0 Å². The van der Waals surface area contributed by atoms with Crippen LogP contribution in [-0.2, 0) is 4.79 Å². The lowest BCUT2D eigenvalue weighted by molar-refractivity contribution is -0.113. The van der Waals surface area contributed by atoms with Crippen LogP contribution in [-0.4, -0.2) is 37.0 Å². The van der Waals surface area contributed by atoms with E-state index < -0.39 is 0 Å². The zero-order chi connectivity index (χ0) is 18.4. The zero-order valence-electron chi connectivity index (χ0n) is 14.1. The highest BCUT2D eigenvalue weighted by atomic mass is 32.2. The van der Waals surface area contributed by atoms with Gasteiger partial charge in [-0.2, -0.15) is 0 Å². The summed E-state index contributed by atoms with van der Waals surface area (Å²) in [7, 11) is 0. The van der Waals surface area contributed by atoms with Gasteiger partial charge in [0.15, 0.2) is 0 Å². The van der Waals surface area contributed by atoms with E-state index in [1.165, 1.54) is 23.1 Å². The molecular weight excluding hydrogens is 380 g/mol. The molecule has 7 nitrogen and oxygen atoms in total. The molecule has 2 heterocycles. The molecular formula is C18H12N6OS2. The Morgan fingerprint density at radius 1 is 1.04 bits per heavy atom. The quantitative estimate of drug-likeness (QED) is 0.467. The fourth-order valence-electron chi connectivity index (χ4n) is 3.11. The van der Waals surface area contributed by atoms with Crippen molar-refractivity contribution in [1.82, 2.24) is 25.4 Å². The normalized spacial score (nSPS) is 11.6. The van der Waals surface area contributed by atoms with E-state index in [1.807, 2.05) is 31.2 Å². The SMILES string of the molecule is Cc1nnc(NC(=O)CSc2nnc3c(n2)-c2cccc4cccc-3c24)s1. The molecule has 4 aromatic rings. The summed E-state index contributed by atoms with van der Waals surface area (Å²) in [5.74, 6) is 0.00149. The molecule has 2 aromatic carbocycles. The number of anilines is 1. The Bertz CT molecular complexity index is 1200. The van der Waals surface area contributed by atoms with Gasteiger partial charge in [0.1, 0.15) is 16.4 Å². The highest BCUT2D eigenvalue weighted by Crippen LogP contribution is 2.44. The third-order valence-electron chi connectivity index (χ3n) is 4.19. The van der Waals surface area contributed by atoms with Crippen molar-refractivity contribution in [2.24, 2.45) is 0 Å². The molecule has 0 saturated carbocycles. The van der Waals surface area contributed by atoms with Crippen LogP contribution >= 0.6 is 23.1 Å². The van der Waals surface area contributed by atoms with Gasteiger partial charge in [-0.15, -0.1) is 20.4 Å². The summed E-state index contributed by atoms with van der Waals surface area (Å²) in [5.41, 5.74) is 3.72. The van der Waals surface area contributed by atoms with Gasteiger partial charge in [-0.05, 0) is 12.3 Å². The number of hydrogen-bond donors (Lipinski definition) is 1. The lowest BCUT2D eigenvalue weighted by Crippen LogP contribution is -2.14. The van der Waals surface area contributed by atoms with Crippen molar-refractivity contribution in [2.45, 2.75) is 12.1 Å². The lowest BCUT2D eigenvalue weighted by atomic mass is 10.0. The van der Waals surface area contributed by atoms with E-state index in [2.05, 4.69) is 42.8 Å². The summed E-state index contributed by atoms with van der Waals surface area (Å²) in [6.07, 6.45) is 0. The average molecular weight is 392 g/mol. The first-order valence-corrected chi connectivity index (χ1v) is 9.99. The summed E-state index contributed by atoms with van der Waals surface area (Å²) >= 11 is 2.59. The number of carbonyl (C=O) groups is 1. The Labute approximate surface area is 162 Å². The number of nitrogens with one attached hydrogen (secondary N) is 1. The molecule has 0 bridgehead atoms. The maximum atomic E-state index is 12.1. The third-order valence-corrected chi connectivity index (χ3v) is 5.78. The topological polar surface area (TPSA) is 93.6 Å². The second-order valence-electron chi connectivity index (χ2n) is 5.96. The van der Waals surface area contributed by atoms with Crippen molar-refractivity contribution >= 4 is 44.9 Å². The molecule has 1 aliphatic carbocycles.